The van der Waals surface area contributed by atoms with Crippen molar-refractivity contribution in [3.05, 3.63) is 0 Å². The number of aliphatic hydroxyl groups excluding tert-OH is 1. The summed E-state index contributed by atoms with van der Waals surface area (Å²) in [4.78, 5) is 43.5. The Balaban J connectivity index is -0.000000567. The summed E-state index contributed by atoms with van der Waals surface area (Å²) in [6.45, 7) is 13.0. The molecule has 2 amide bonds. The van der Waals surface area contributed by atoms with Crippen LogP contribution in [0.2, 0.25) is 0 Å². The van der Waals surface area contributed by atoms with E-state index < -0.39 is 60.8 Å². The fourth-order valence-electron chi connectivity index (χ4n) is 2.22. The van der Waals surface area contributed by atoms with E-state index >= 15 is 0 Å². The predicted octanol–water partition coefficient (Wildman–Crippen LogP) is -2.42. The van der Waals surface area contributed by atoms with Crippen LogP contribution in [0.4, 0.5) is 4.79 Å². The van der Waals surface area contributed by atoms with E-state index in [4.69, 9.17) is 9.84 Å². The van der Waals surface area contributed by atoms with Crippen molar-refractivity contribution in [3.8, 4) is 0 Å². The molecular weight excluding hydrogens is 656 g/mol. The Labute approximate surface area is 259 Å². The molecule has 1 saturated heterocycles. The number of nitrogens with one attached hydrogen (secondary N) is 5. The molecule has 0 spiro atoms. The summed E-state index contributed by atoms with van der Waals surface area (Å²) in [7, 11) is -11.1. The second-order valence-corrected chi connectivity index (χ2v) is 13.3. The van der Waals surface area contributed by atoms with Crippen molar-refractivity contribution in [1.29, 1.82) is 0 Å². The van der Waals surface area contributed by atoms with Gasteiger partial charge < -0.3 is 19.3 Å². The highest BCUT2D eigenvalue weighted by atomic mass is 32.2. The fourth-order valence-corrected chi connectivity index (χ4v) is 4.78. The van der Waals surface area contributed by atoms with Gasteiger partial charge in [-0.05, 0) is 48.5 Å². The number of rotatable bonds is 12. The molecule has 0 unspecified atom stereocenters. The van der Waals surface area contributed by atoms with Crippen LogP contribution in [0.3, 0.4) is 0 Å². The van der Waals surface area contributed by atoms with Crippen LogP contribution in [0.25, 0.3) is 0 Å². The number of amides is 2. The Bertz CT molecular complexity index is 1200. The van der Waals surface area contributed by atoms with Crippen LogP contribution in [0.15, 0.2) is 0 Å². The molecule has 0 aromatic heterocycles. The maximum atomic E-state index is 11.3. The molecule has 23 heteroatoms. The average molecular weight is 703 g/mol. The first kappa shape index (κ1) is 45.8. The average Bonchev–Trinajstić information content (AvgIpc) is 3.13. The zero-order valence-electron chi connectivity index (χ0n) is 26.1. The Morgan fingerprint density at radius 2 is 1.32 bits per heavy atom. The molecule has 1 aliphatic rings. The van der Waals surface area contributed by atoms with Crippen LogP contribution in [0.5, 0.6) is 0 Å². The molecule has 1 aliphatic heterocycles. The molecule has 1 rings (SSSR count). The van der Waals surface area contributed by atoms with Crippen molar-refractivity contribution in [2.75, 3.05) is 52.5 Å². The number of carbonyl (C=O) groups is 4. The van der Waals surface area contributed by atoms with Gasteiger partial charge in [0.25, 0.3) is 16.1 Å². The summed E-state index contributed by atoms with van der Waals surface area (Å²) in [5.41, 5.74) is -0.819. The van der Waals surface area contributed by atoms with Crippen molar-refractivity contribution in [2.45, 2.75) is 61.0 Å². The maximum Gasteiger partial charge on any atom is 0.422 e. The first-order valence-corrected chi connectivity index (χ1v) is 17.4. The zero-order valence-corrected chi connectivity index (χ0v) is 28.5. The first-order chi connectivity index (χ1) is 20.1. The molecule has 262 valence electrons. The van der Waals surface area contributed by atoms with E-state index in [1.165, 1.54) is 0 Å². The molecule has 0 bridgehead atoms. The van der Waals surface area contributed by atoms with Crippen molar-refractivity contribution in [1.82, 2.24) is 27.9 Å². The van der Waals surface area contributed by atoms with Gasteiger partial charge in [0, 0.05) is 19.7 Å². The number of aliphatic hydroxyl groups is 1. The van der Waals surface area contributed by atoms with Crippen molar-refractivity contribution >= 4 is 54.6 Å². The molecule has 1 heterocycles. The van der Waals surface area contributed by atoms with Crippen LogP contribution < -0.4 is 23.6 Å². The van der Waals surface area contributed by atoms with E-state index in [0.717, 1.165) is 4.31 Å². The number of carbonyl (C=O) groups excluding carboxylic acids is 4. The second-order valence-electron chi connectivity index (χ2n) is 8.56. The Hall–Kier alpha value is -2.67. The van der Waals surface area contributed by atoms with Gasteiger partial charge in [-0.15, -0.1) is 0 Å². The molecule has 0 radical (unpaired) electrons. The highest BCUT2D eigenvalue weighted by Crippen LogP contribution is 2.06. The molecule has 20 nitrogen and oxygen atoms in total. The summed E-state index contributed by atoms with van der Waals surface area (Å²) in [5, 5.41) is 7.57. The molecule has 6 N–H and O–H groups in total. The smallest absolute Gasteiger partial charge is 0.422 e. The van der Waals surface area contributed by atoms with Gasteiger partial charge in [-0.2, -0.15) is 39.4 Å². The Morgan fingerprint density at radius 3 is 1.61 bits per heavy atom. The first-order valence-electron chi connectivity index (χ1n) is 13.0. The Morgan fingerprint density at radius 1 is 0.886 bits per heavy atom. The molecule has 0 aromatic carbocycles. The van der Waals surface area contributed by atoms with E-state index in [-0.39, 0.29) is 51.9 Å². The third-order valence-corrected chi connectivity index (χ3v) is 7.34. The van der Waals surface area contributed by atoms with Crippen LogP contribution in [0, 0.1) is 0 Å². The maximum absolute atomic E-state index is 11.3. The van der Waals surface area contributed by atoms with E-state index in [2.05, 4.69) is 18.9 Å². The van der Waals surface area contributed by atoms with Crippen molar-refractivity contribution in [2.24, 2.45) is 0 Å². The molecule has 44 heavy (non-hydrogen) atoms. The molecular formula is C21H46N6O14S3. The summed E-state index contributed by atoms with van der Waals surface area (Å²) in [6.07, 6.45) is -1.13. The van der Waals surface area contributed by atoms with Crippen LogP contribution in [-0.4, -0.2) is 117 Å². The lowest BCUT2D eigenvalue weighted by molar-refractivity contribution is -0.142. The van der Waals surface area contributed by atoms with Gasteiger partial charge in [0.1, 0.15) is 18.7 Å². The van der Waals surface area contributed by atoms with E-state index in [1.54, 1.807) is 60.1 Å². The highest BCUT2D eigenvalue weighted by molar-refractivity contribution is 7.88. The summed E-state index contributed by atoms with van der Waals surface area (Å²) in [6, 6.07) is 0. The van der Waals surface area contributed by atoms with Crippen LogP contribution in [-0.2, 0) is 59.2 Å². The monoisotopic (exact) mass is 702 g/mol. The molecule has 0 aromatic rings. The fraction of sp³-hybridized carbons (Fsp3) is 0.810. The van der Waals surface area contributed by atoms with E-state index in [1.807, 2.05) is 9.44 Å². The minimum absolute atomic E-state index is 0.101. The van der Waals surface area contributed by atoms with Gasteiger partial charge in [-0.1, -0.05) is 6.92 Å². The third kappa shape index (κ3) is 25.8. The van der Waals surface area contributed by atoms with Gasteiger partial charge in [0.2, 0.25) is 0 Å². The number of likely N-dealkylation sites (N-methyl/N-ethyl adjacent to an activating group) is 1. The number of ether oxygens (including phenoxy) is 3. The number of hydrogen-bond donors (Lipinski definition) is 6. The largest absolute Gasteiger partial charge is 0.465 e. The third-order valence-electron chi connectivity index (χ3n) is 3.64. The zero-order chi connectivity index (χ0) is 35.2. The summed E-state index contributed by atoms with van der Waals surface area (Å²) < 4.78 is 90.4. The Kier molecular flexibility index (Phi) is 23.7. The number of hydrogen-bond acceptors (Lipinski definition) is 14. The second kappa shape index (κ2) is 22.8. The molecule has 0 atom stereocenters. The SMILES string of the molecule is CCN1C(=O)CNS1(=O)=O.CCNS(=O)(=O)NCC(=O)OCC.CCO.CCOC(=O)CNS(=O)(=O)NC(=O)OC(C)(C)C. The lowest BCUT2D eigenvalue weighted by Gasteiger charge is -2.19. The van der Waals surface area contributed by atoms with Gasteiger partial charge in [0.15, 0.2) is 0 Å². The van der Waals surface area contributed by atoms with Gasteiger partial charge in [0.05, 0.1) is 19.8 Å². The minimum Gasteiger partial charge on any atom is -0.465 e. The van der Waals surface area contributed by atoms with Crippen molar-refractivity contribution in [3.63, 3.8) is 0 Å². The normalized spacial score (nSPS) is 13.9. The van der Waals surface area contributed by atoms with Crippen LogP contribution in [0.1, 0.15) is 55.4 Å². The lowest BCUT2D eigenvalue weighted by Crippen LogP contribution is -2.44. The van der Waals surface area contributed by atoms with E-state index in [0.29, 0.717) is 0 Å². The van der Waals surface area contributed by atoms with Gasteiger partial charge in [-0.3, -0.25) is 14.4 Å². The van der Waals surface area contributed by atoms with Crippen molar-refractivity contribution < 1.29 is 63.7 Å². The lowest BCUT2D eigenvalue weighted by atomic mass is 10.2. The van der Waals surface area contributed by atoms with Crippen LogP contribution >= 0.6 is 0 Å². The summed E-state index contributed by atoms with van der Waals surface area (Å²) in [5.74, 6) is -1.72. The molecule has 0 aliphatic carbocycles. The standard InChI is InChI=1S/C9H18N2O6S.C6H14N2O4S.C4H8N2O3S.C2H6O/c1-5-16-7(12)6-10-18(14,15)11-8(13)17-9(2,3)4;1-3-7-13(10,11)8-5-6(9)12-4-2;1-2-6-4(7)3-5-10(6,8)9;1-2-3/h10H,5-6H2,1-4H3,(H,11,13);7-8H,3-5H2,1-2H3;5H,2-3H2,1H3;3H,2H2,1H3. The molecule has 1 fully saturated rings. The number of esters is 2. The number of nitrogens with zero attached hydrogens (tertiary/aromatic N) is 1. The quantitative estimate of drug-likeness (QED) is 0.0912. The topological polar surface area (TPSA) is 282 Å². The highest BCUT2D eigenvalue weighted by Gasteiger charge is 2.32. The minimum atomic E-state index is -4.14. The predicted molar refractivity (Wildman–Crippen MR) is 157 cm³/mol. The van der Waals surface area contributed by atoms with E-state index in [9.17, 15) is 44.4 Å². The van der Waals surface area contributed by atoms with Gasteiger partial charge in [-0.25, -0.2) is 18.5 Å². The summed E-state index contributed by atoms with van der Waals surface area (Å²) >= 11 is 0. The van der Waals surface area contributed by atoms with Gasteiger partial charge >= 0.3 is 38.5 Å². The molecule has 0 saturated carbocycles.